The zero-order valence-corrected chi connectivity index (χ0v) is 19.7. The van der Waals surface area contributed by atoms with Crippen molar-refractivity contribution in [3.05, 3.63) is 59.5 Å². The van der Waals surface area contributed by atoms with E-state index in [2.05, 4.69) is 10.1 Å². The third-order valence-corrected chi connectivity index (χ3v) is 6.22. The summed E-state index contributed by atoms with van der Waals surface area (Å²) in [7, 11) is 3.17. The number of ketones is 1. The van der Waals surface area contributed by atoms with Gasteiger partial charge in [0, 0.05) is 43.0 Å². The Hall–Kier alpha value is -3.68. The van der Waals surface area contributed by atoms with E-state index >= 15 is 0 Å². The molecule has 3 aromatic rings. The number of benzene rings is 2. The molecule has 8 nitrogen and oxygen atoms in total. The van der Waals surface area contributed by atoms with E-state index in [-0.39, 0.29) is 30.4 Å². The number of methoxy groups -OCH3 is 2. The number of aromatic nitrogens is 2. The van der Waals surface area contributed by atoms with Crippen molar-refractivity contribution in [2.45, 2.75) is 38.5 Å². The Balaban J connectivity index is 1.30. The Kier molecular flexibility index (Phi) is 7.25. The molecule has 1 aliphatic heterocycles. The molecule has 0 saturated carbocycles. The lowest BCUT2D eigenvalue weighted by molar-refractivity contribution is -0.132. The van der Waals surface area contributed by atoms with Crippen LogP contribution in [0.2, 0.25) is 0 Å². The third kappa shape index (κ3) is 5.27. The molecule has 2 aromatic carbocycles. The molecule has 0 spiro atoms. The van der Waals surface area contributed by atoms with Crippen LogP contribution in [0.3, 0.4) is 0 Å². The molecule has 0 radical (unpaired) electrons. The summed E-state index contributed by atoms with van der Waals surface area (Å²) in [6.07, 6.45) is 1.93. The Morgan fingerprint density at radius 2 is 1.71 bits per heavy atom. The highest BCUT2D eigenvalue weighted by atomic mass is 16.5. The molecule has 178 valence electrons. The number of ether oxygens (including phenoxy) is 2. The van der Waals surface area contributed by atoms with Gasteiger partial charge in [-0.25, -0.2) is 0 Å². The minimum absolute atomic E-state index is 0.00297. The average Bonchev–Trinajstić information content (AvgIpc) is 3.37. The van der Waals surface area contributed by atoms with Crippen LogP contribution in [0.4, 0.5) is 0 Å². The van der Waals surface area contributed by atoms with Crippen molar-refractivity contribution in [3.63, 3.8) is 0 Å². The minimum atomic E-state index is -0.00297. The van der Waals surface area contributed by atoms with Gasteiger partial charge in [0.05, 0.1) is 14.2 Å². The summed E-state index contributed by atoms with van der Waals surface area (Å²) in [6.45, 7) is 3.19. The maximum Gasteiger partial charge on any atom is 0.230 e. The minimum Gasteiger partial charge on any atom is -0.493 e. The van der Waals surface area contributed by atoms with Crippen LogP contribution in [0.1, 0.15) is 53.4 Å². The van der Waals surface area contributed by atoms with Gasteiger partial charge in [0.2, 0.25) is 17.6 Å². The Labute approximate surface area is 198 Å². The molecule has 1 amide bonds. The SMILES string of the molecule is COc1ccc(-c2noc(C3CCN(C(=O)CCC(=O)c4ccc(C)cc4)CC3)n2)cc1OC. The van der Waals surface area contributed by atoms with Crippen molar-refractivity contribution in [1.82, 2.24) is 15.0 Å². The van der Waals surface area contributed by atoms with E-state index in [1.54, 1.807) is 20.3 Å². The summed E-state index contributed by atoms with van der Waals surface area (Å²) in [4.78, 5) is 31.4. The van der Waals surface area contributed by atoms with Gasteiger partial charge < -0.3 is 18.9 Å². The molecule has 8 heteroatoms. The summed E-state index contributed by atoms with van der Waals surface area (Å²) < 4.78 is 16.2. The Bertz CT molecular complexity index is 1150. The second-order valence-electron chi connectivity index (χ2n) is 8.47. The second-order valence-corrected chi connectivity index (χ2v) is 8.47. The number of aryl methyl sites for hydroxylation is 1. The van der Waals surface area contributed by atoms with E-state index in [1.165, 1.54) is 0 Å². The van der Waals surface area contributed by atoms with Gasteiger partial charge in [-0.15, -0.1) is 0 Å². The zero-order chi connectivity index (χ0) is 24.1. The zero-order valence-electron chi connectivity index (χ0n) is 19.7. The summed E-state index contributed by atoms with van der Waals surface area (Å²) >= 11 is 0. The van der Waals surface area contributed by atoms with Gasteiger partial charge in [0.1, 0.15) is 0 Å². The van der Waals surface area contributed by atoms with Gasteiger partial charge in [0.15, 0.2) is 17.3 Å². The molecular formula is C26H29N3O5. The van der Waals surface area contributed by atoms with Crippen LogP contribution in [-0.4, -0.2) is 54.0 Å². The van der Waals surface area contributed by atoms with Crippen molar-refractivity contribution in [1.29, 1.82) is 0 Å². The lowest BCUT2D eigenvalue weighted by Crippen LogP contribution is -2.38. The lowest BCUT2D eigenvalue weighted by atomic mass is 9.96. The number of Topliss-reactive ketones (excluding diaryl/α,β-unsaturated/α-hetero) is 1. The number of likely N-dealkylation sites (tertiary alicyclic amines) is 1. The topological polar surface area (TPSA) is 94.8 Å². The molecule has 0 aliphatic carbocycles. The molecule has 0 N–H and O–H groups in total. The van der Waals surface area contributed by atoms with Gasteiger partial charge in [-0.3, -0.25) is 9.59 Å². The Morgan fingerprint density at radius 3 is 2.38 bits per heavy atom. The highest BCUT2D eigenvalue weighted by Crippen LogP contribution is 2.33. The summed E-state index contributed by atoms with van der Waals surface area (Å²) in [5, 5.41) is 4.13. The molecule has 4 rings (SSSR count). The first kappa shape index (κ1) is 23.5. The van der Waals surface area contributed by atoms with E-state index in [1.807, 2.05) is 48.2 Å². The Morgan fingerprint density at radius 1 is 1.00 bits per heavy atom. The van der Waals surface area contributed by atoms with Gasteiger partial charge in [-0.05, 0) is 38.0 Å². The van der Waals surface area contributed by atoms with Gasteiger partial charge in [0.25, 0.3) is 0 Å². The maximum absolute atomic E-state index is 12.6. The maximum atomic E-state index is 12.6. The monoisotopic (exact) mass is 463 g/mol. The lowest BCUT2D eigenvalue weighted by Gasteiger charge is -2.30. The molecule has 1 aliphatic rings. The normalized spacial score (nSPS) is 14.1. The smallest absolute Gasteiger partial charge is 0.230 e. The van der Waals surface area contributed by atoms with E-state index < -0.39 is 0 Å². The molecule has 0 bridgehead atoms. The molecule has 1 saturated heterocycles. The predicted octanol–water partition coefficient (Wildman–Crippen LogP) is 4.43. The standard InChI is InChI=1S/C26H29N3O5/c1-17-4-6-18(7-5-17)21(30)9-11-24(31)29-14-12-19(13-15-29)26-27-25(28-34-26)20-8-10-22(32-2)23(16-20)33-3/h4-8,10,16,19H,9,11-15H2,1-3H3. The summed E-state index contributed by atoms with van der Waals surface area (Å²) in [5.41, 5.74) is 2.53. The highest BCUT2D eigenvalue weighted by Gasteiger charge is 2.28. The quantitative estimate of drug-likeness (QED) is 0.456. The molecular weight excluding hydrogens is 434 g/mol. The van der Waals surface area contributed by atoms with Crippen molar-refractivity contribution >= 4 is 11.7 Å². The van der Waals surface area contributed by atoms with Crippen molar-refractivity contribution in [3.8, 4) is 22.9 Å². The number of amides is 1. The van der Waals surface area contributed by atoms with E-state index in [0.29, 0.717) is 41.9 Å². The molecule has 1 aromatic heterocycles. The highest BCUT2D eigenvalue weighted by molar-refractivity contribution is 5.98. The predicted molar refractivity (Wildman–Crippen MR) is 126 cm³/mol. The van der Waals surface area contributed by atoms with E-state index in [0.717, 1.165) is 24.0 Å². The average molecular weight is 464 g/mol. The first-order chi connectivity index (χ1) is 16.5. The van der Waals surface area contributed by atoms with Crippen LogP contribution >= 0.6 is 0 Å². The fourth-order valence-corrected chi connectivity index (χ4v) is 4.13. The van der Waals surface area contributed by atoms with Crippen molar-refractivity contribution < 1.29 is 23.6 Å². The number of hydrogen-bond donors (Lipinski definition) is 0. The molecule has 1 fully saturated rings. The van der Waals surface area contributed by atoms with Crippen molar-refractivity contribution in [2.75, 3.05) is 27.3 Å². The van der Waals surface area contributed by atoms with Gasteiger partial charge in [-0.2, -0.15) is 4.98 Å². The first-order valence-corrected chi connectivity index (χ1v) is 11.4. The number of rotatable bonds is 8. The van der Waals surface area contributed by atoms with Crippen LogP contribution in [0.5, 0.6) is 11.5 Å². The van der Waals surface area contributed by atoms with Gasteiger partial charge >= 0.3 is 0 Å². The van der Waals surface area contributed by atoms with Crippen LogP contribution in [0.15, 0.2) is 47.0 Å². The number of carbonyl (C=O) groups is 2. The molecule has 0 unspecified atom stereocenters. The first-order valence-electron chi connectivity index (χ1n) is 11.4. The van der Waals surface area contributed by atoms with Crippen molar-refractivity contribution in [2.24, 2.45) is 0 Å². The van der Waals surface area contributed by atoms with E-state index in [4.69, 9.17) is 14.0 Å². The largest absolute Gasteiger partial charge is 0.493 e. The number of carbonyl (C=O) groups excluding carboxylic acids is 2. The van der Waals surface area contributed by atoms with Crippen LogP contribution in [0, 0.1) is 6.92 Å². The molecule has 0 atom stereocenters. The second kappa shape index (κ2) is 10.5. The number of hydrogen-bond acceptors (Lipinski definition) is 7. The summed E-state index contributed by atoms with van der Waals surface area (Å²) in [6, 6.07) is 12.9. The van der Waals surface area contributed by atoms with E-state index in [9.17, 15) is 9.59 Å². The number of piperidine rings is 1. The molecule has 34 heavy (non-hydrogen) atoms. The number of nitrogens with zero attached hydrogens (tertiary/aromatic N) is 3. The summed E-state index contributed by atoms with van der Waals surface area (Å²) in [5.74, 6) is 2.40. The third-order valence-electron chi connectivity index (χ3n) is 6.22. The fraction of sp³-hybridized carbons (Fsp3) is 0.385. The van der Waals surface area contributed by atoms with Crippen LogP contribution < -0.4 is 9.47 Å². The van der Waals surface area contributed by atoms with Crippen LogP contribution in [0.25, 0.3) is 11.4 Å². The molecule has 2 heterocycles. The van der Waals surface area contributed by atoms with Gasteiger partial charge in [-0.1, -0.05) is 35.0 Å². The van der Waals surface area contributed by atoms with Crippen LogP contribution in [-0.2, 0) is 4.79 Å². The fourth-order valence-electron chi connectivity index (χ4n) is 4.13.